The summed E-state index contributed by atoms with van der Waals surface area (Å²) in [4.78, 5) is 24.3. The molecule has 6 nitrogen and oxygen atoms in total. The molecule has 0 unspecified atom stereocenters. The van der Waals surface area contributed by atoms with Gasteiger partial charge in [-0.2, -0.15) is 5.10 Å². The first-order valence-electron chi connectivity index (χ1n) is 6.55. The number of hydrogen-bond acceptors (Lipinski definition) is 4. The summed E-state index contributed by atoms with van der Waals surface area (Å²) in [5.74, 6) is 1.01. The number of rotatable bonds is 4. The normalized spacial score (nSPS) is 16.6. The van der Waals surface area contributed by atoms with E-state index >= 15 is 0 Å². The number of amides is 1. The lowest BCUT2D eigenvalue weighted by molar-refractivity contribution is -0.119. The predicted octanol–water partition coefficient (Wildman–Crippen LogP) is 0.633. The Bertz CT molecular complexity index is 487. The summed E-state index contributed by atoms with van der Waals surface area (Å²) in [6.45, 7) is 3.50. The van der Waals surface area contributed by atoms with Crippen LogP contribution in [-0.2, 0) is 11.8 Å². The molecular formula is C13H20N4O2. The van der Waals surface area contributed by atoms with Crippen molar-refractivity contribution in [2.24, 2.45) is 18.7 Å². The maximum absolute atomic E-state index is 11.2. The molecule has 0 aromatic carbocycles. The van der Waals surface area contributed by atoms with Crippen LogP contribution in [0.5, 0.6) is 0 Å². The molecule has 2 heterocycles. The Labute approximate surface area is 112 Å². The molecule has 1 fully saturated rings. The summed E-state index contributed by atoms with van der Waals surface area (Å²) < 4.78 is 1.76. The molecule has 2 rings (SSSR count). The first kappa shape index (κ1) is 13.6. The van der Waals surface area contributed by atoms with Crippen LogP contribution < -0.4 is 10.6 Å². The van der Waals surface area contributed by atoms with Crippen LogP contribution in [-0.4, -0.2) is 35.1 Å². The topological polar surface area (TPSA) is 81.2 Å². The average molecular weight is 264 g/mol. The van der Waals surface area contributed by atoms with Crippen LogP contribution in [0, 0.1) is 12.8 Å². The lowest BCUT2D eigenvalue weighted by atomic mass is 9.93. The highest BCUT2D eigenvalue weighted by atomic mass is 16.1. The van der Waals surface area contributed by atoms with Crippen LogP contribution >= 0.6 is 0 Å². The molecule has 19 heavy (non-hydrogen) atoms. The van der Waals surface area contributed by atoms with Crippen molar-refractivity contribution >= 4 is 18.0 Å². The molecule has 1 amide bonds. The zero-order chi connectivity index (χ0) is 14.0. The van der Waals surface area contributed by atoms with Gasteiger partial charge in [0.15, 0.2) is 6.29 Å². The maximum atomic E-state index is 11.2. The molecule has 0 saturated carbocycles. The molecule has 0 aliphatic carbocycles. The monoisotopic (exact) mass is 264 g/mol. The molecule has 1 saturated heterocycles. The van der Waals surface area contributed by atoms with Crippen molar-refractivity contribution in [3.8, 4) is 0 Å². The summed E-state index contributed by atoms with van der Waals surface area (Å²) >= 11 is 0. The third-order valence-corrected chi connectivity index (χ3v) is 3.76. The molecular weight excluding hydrogens is 244 g/mol. The zero-order valence-corrected chi connectivity index (χ0v) is 11.4. The second-order valence-electron chi connectivity index (χ2n) is 5.17. The Kier molecular flexibility index (Phi) is 3.87. The number of aldehydes is 1. The molecule has 1 aliphatic heterocycles. The van der Waals surface area contributed by atoms with Crippen molar-refractivity contribution < 1.29 is 9.59 Å². The molecule has 6 heteroatoms. The number of piperidine rings is 1. The minimum atomic E-state index is -0.233. The van der Waals surface area contributed by atoms with Gasteiger partial charge in [-0.15, -0.1) is 0 Å². The number of nitrogens with two attached hydrogens (primary N) is 1. The third kappa shape index (κ3) is 2.77. The summed E-state index contributed by atoms with van der Waals surface area (Å²) in [6.07, 6.45) is 3.17. The summed E-state index contributed by atoms with van der Waals surface area (Å²) in [5, 5.41) is 4.29. The fourth-order valence-corrected chi connectivity index (χ4v) is 2.81. The van der Waals surface area contributed by atoms with E-state index in [9.17, 15) is 9.59 Å². The minimum Gasteiger partial charge on any atom is -0.370 e. The van der Waals surface area contributed by atoms with Gasteiger partial charge in [-0.25, -0.2) is 0 Å². The fourth-order valence-electron chi connectivity index (χ4n) is 2.81. The van der Waals surface area contributed by atoms with Gasteiger partial charge < -0.3 is 10.6 Å². The van der Waals surface area contributed by atoms with Gasteiger partial charge >= 0.3 is 0 Å². The fraction of sp³-hybridized carbons (Fsp3) is 0.615. The van der Waals surface area contributed by atoms with Crippen LogP contribution in [0.3, 0.4) is 0 Å². The Morgan fingerprint density at radius 2 is 2.11 bits per heavy atom. The first-order valence-corrected chi connectivity index (χ1v) is 6.55. The Balaban J connectivity index is 2.09. The maximum Gasteiger partial charge on any atom is 0.217 e. The molecule has 1 aromatic heterocycles. The molecule has 0 atom stereocenters. The first-order chi connectivity index (χ1) is 9.02. The number of aromatic nitrogens is 2. The van der Waals surface area contributed by atoms with E-state index in [2.05, 4.69) is 10.00 Å². The smallest absolute Gasteiger partial charge is 0.217 e. The van der Waals surface area contributed by atoms with Crippen LogP contribution in [0.2, 0.25) is 0 Å². The molecule has 104 valence electrons. The standard InChI is InChI=1S/C13H20N4O2/c1-9-11(8-18)13(16(2)15-9)17-5-3-10(4-6-17)7-12(14)19/h8,10H,3-7H2,1-2H3,(H2,14,19). The van der Waals surface area contributed by atoms with Crippen LogP contribution in [0.4, 0.5) is 5.82 Å². The molecule has 2 N–H and O–H groups in total. The summed E-state index contributed by atoms with van der Waals surface area (Å²) in [7, 11) is 1.85. The van der Waals surface area contributed by atoms with Gasteiger partial charge in [-0.05, 0) is 25.7 Å². The second-order valence-corrected chi connectivity index (χ2v) is 5.17. The van der Waals surface area contributed by atoms with Gasteiger partial charge in [0, 0.05) is 26.6 Å². The number of nitrogens with zero attached hydrogens (tertiary/aromatic N) is 3. The highest BCUT2D eigenvalue weighted by Crippen LogP contribution is 2.27. The van der Waals surface area contributed by atoms with Gasteiger partial charge in [-0.3, -0.25) is 14.3 Å². The summed E-state index contributed by atoms with van der Waals surface area (Å²) in [6, 6.07) is 0. The third-order valence-electron chi connectivity index (χ3n) is 3.76. The second kappa shape index (κ2) is 5.42. The molecule has 0 radical (unpaired) electrons. The summed E-state index contributed by atoms with van der Waals surface area (Å²) in [5.41, 5.74) is 6.65. The SMILES string of the molecule is Cc1nn(C)c(N2CCC(CC(N)=O)CC2)c1C=O. The van der Waals surface area contributed by atoms with Crippen molar-refractivity contribution in [3.63, 3.8) is 0 Å². The van der Waals surface area contributed by atoms with Crippen molar-refractivity contribution in [1.29, 1.82) is 0 Å². The van der Waals surface area contributed by atoms with Crippen molar-refractivity contribution in [2.45, 2.75) is 26.2 Å². The quantitative estimate of drug-likeness (QED) is 0.809. The van der Waals surface area contributed by atoms with E-state index in [1.807, 2.05) is 14.0 Å². The van der Waals surface area contributed by atoms with E-state index < -0.39 is 0 Å². The van der Waals surface area contributed by atoms with E-state index in [0.717, 1.165) is 43.7 Å². The zero-order valence-electron chi connectivity index (χ0n) is 11.4. The number of carbonyl (C=O) groups excluding carboxylic acids is 2. The van der Waals surface area contributed by atoms with Gasteiger partial charge in [0.2, 0.25) is 5.91 Å². The number of carbonyl (C=O) groups is 2. The van der Waals surface area contributed by atoms with Crippen LogP contribution in [0.25, 0.3) is 0 Å². The Morgan fingerprint density at radius 1 is 1.47 bits per heavy atom. The predicted molar refractivity (Wildman–Crippen MR) is 72.1 cm³/mol. The van der Waals surface area contributed by atoms with Crippen molar-refractivity contribution in [1.82, 2.24) is 9.78 Å². The molecule has 0 bridgehead atoms. The van der Waals surface area contributed by atoms with E-state index in [0.29, 0.717) is 17.9 Å². The number of hydrogen-bond donors (Lipinski definition) is 1. The number of primary amides is 1. The largest absolute Gasteiger partial charge is 0.370 e. The van der Waals surface area contributed by atoms with E-state index in [1.54, 1.807) is 4.68 Å². The number of anilines is 1. The van der Waals surface area contributed by atoms with E-state index in [4.69, 9.17) is 5.73 Å². The minimum absolute atomic E-state index is 0.233. The Hall–Kier alpha value is -1.85. The molecule has 0 spiro atoms. The van der Waals surface area contributed by atoms with Gasteiger partial charge in [0.25, 0.3) is 0 Å². The van der Waals surface area contributed by atoms with E-state index in [1.165, 1.54) is 0 Å². The number of aryl methyl sites for hydroxylation is 2. The van der Waals surface area contributed by atoms with Crippen molar-refractivity contribution in [3.05, 3.63) is 11.3 Å². The van der Waals surface area contributed by atoms with Gasteiger partial charge in [-0.1, -0.05) is 0 Å². The lowest BCUT2D eigenvalue weighted by Crippen LogP contribution is -2.36. The van der Waals surface area contributed by atoms with Crippen LogP contribution in [0.15, 0.2) is 0 Å². The van der Waals surface area contributed by atoms with Crippen molar-refractivity contribution in [2.75, 3.05) is 18.0 Å². The lowest BCUT2D eigenvalue weighted by Gasteiger charge is -2.33. The van der Waals surface area contributed by atoms with Gasteiger partial charge in [0.05, 0.1) is 11.3 Å². The van der Waals surface area contributed by atoms with E-state index in [-0.39, 0.29) is 5.91 Å². The van der Waals surface area contributed by atoms with Gasteiger partial charge in [0.1, 0.15) is 5.82 Å². The molecule has 1 aromatic rings. The Morgan fingerprint density at radius 3 is 2.63 bits per heavy atom. The highest BCUT2D eigenvalue weighted by molar-refractivity contribution is 5.84. The van der Waals surface area contributed by atoms with Crippen LogP contribution in [0.1, 0.15) is 35.3 Å². The molecule has 1 aliphatic rings. The highest BCUT2D eigenvalue weighted by Gasteiger charge is 2.25. The average Bonchev–Trinajstić information content (AvgIpc) is 2.64.